The van der Waals surface area contributed by atoms with Crippen LogP contribution in [-0.2, 0) is 25.8 Å². The lowest BCUT2D eigenvalue weighted by Gasteiger charge is -2.12. The summed E-state index contributed by atoms with van der Waals surface area (Å²) in [6.07, 6.45) is -4.71. The van der Waals surface area contributed by atoms with Gasteiger partial charge in [-0.2, -0.15) is 13.2 Å². The van der Waals surface area contributed by atoms with Gasteiger partial charge < -0.3 is 10.6 Å². The molecular formula is C17H15ClF3N3O4S. The molecule has 0 aliphatic carbocycles. The molecule has 0 aliphatic heterocycles. The van der Waals surface area contributed by atoms with Crippen molar-refractivity contribution in [2.75, 3.05) is 17.2 Å². The Hall–Kier alpha value is -2.63. The summed E-state index contributed by atoms with van der Waals surface area (Å²) in [7, 11) is -4.37. The normalized spacial score (nSPS) is 11.8. The number of rotatable bonds is 6. The highest BCUT2D eigenvalue weighted by Crippen LogP contribution is 2.30. The monoisotopic (exact) mass is 449 g/mol. The number of benzene rings is 2. The van der Waals surface area contributed by atoms with Crippen LogP contribution in [0, 0.1) is 0 Å². The number of hydrogen-bond acceptors (Lipinski definition) is 4. The van der Waals surface area contributed by atoms with Crippen LogP contribution < -0.4 is 15.4 Å². The van der Waals surface area contributed by atoms with Crippen LogP contribution in [0.15, 0.2) is 47.4 Å². The summed E-state index contributed by atoms with van der Waals surface area (Å²) < 4.78 is 64.5. The molecule has 7 nitrogen and oxygen atoms in total. The zero-order valence-corrected chi connectivity index (χ0v) is 16.4. The van der Waals surface area contributed by atoms with Crippen LogP contribution >= 0.6 is 11.6 Å². The lowest BCUT2D eigenvalue weighted by molar-refractivity contribution is -0.137. The second-order valence-electron chi connectivity index (χ2n) is 5.77. The Morgan fingerprint density at radius 3 is 2.38 bits per heavy atom. The van der Waals surface area contributed by atoms with Gasteiger partial charge in [0.25, 0.3) is 0 Å². The molecule has 0 unspecified atom stereocenters. The summed E-state index contributed by atoms with van der Waals surface area (Å²) in [6, 6.07) is 7.39. The smallest absolute Gasteiger partial charge is 0.326 e. The minimum Gasteiger partial charge on any atom is -0.326 e. The maximum Gasteiger partial charge on any atom is 0.416 e. The van der Waals surface area contributed by atoms with Crippen LogP contribution in [0.1, 0.15) is 12.5 Å². The Bertz CT molecular complexity index is 1040. The minimum absolute atomic E-state index is 0.112. The van der Waals surface area contributed by atoms with Crippen LogP contribution in [0.25, 0.3) is 0 Å². The molecule has 0 radical (unpaired) electrons. The van der Waals surface area contributed by atoms with Crippen molar-refractivity contribution in [1.82, 2.24) is 4.72 Å². The van der Waals surface area contributed by atoms with Crippen LogP contribution in [0.3, 0.4) is 0 Å². The standard InChI is InChI=1S/C17H15ClF3N3O4S/c1-10(25)23-12-5-6-14(18)15(8-12)24-16(26)9-22-29(27,28)13-4-2-3-11(7-13)17(19,20)21/h2-8,22H,9H2,1H3,(H,23,25)(H,24,26). The van der Waals surface area contributed by atoms with E-state index >= 15 is 0 Å². The quantitative estimate of drug-likeness (QED) is 0.629. The highest BCUT2D eigenvalue weighted by Gasteiger charge is 2.31. The Morgan fingerprint density at radius 1 is 1.07 bits per heavy atom. The summed E-state index contributed by atoms with van der Waals surface area (Å²) in [5, 5.41) is 4.98. The minimum atomic E-state index is -4.71. The third-order valence-electron chi connectivity index (χ3n) is 3.46. The molecule has 0 saturated heterocycles. The highest BCUT2D eigenvalue weighted by molar-refractivity contribution is 7.89. The van der Waals surface area contributed by atoms with Crippen LogP contribution in [0.5, 0.6) is 0 Å². The van der Waals surface area contributed by atoms with Gasteiger partial charge in [-0.25, -0.2) is 13.1 Å². The Morgan fingerprint density at radius 2 is 1.76 bits per heavy atom. The van der Waals surface area contributed by atoms with Crippen molar-refractivity contribution in [3.8, 4) is 0 Å². The molecule has 3 N–H and O–H groups in total. The van der Waals surface area contributed by atoms with Gasteiger partial charge in [-0.15, -0.1) is 0 Å². The summed E-state index contributed by atoms with van der Waals surface area (Å²) >= 11 is 5.95. The van der Waals surface area contributed by atoms with E-state index < -0.39 is 39.1 Å². The fraction of sp³-hybridized carbons (Fsp3) is 0.176. The maximum absolute atomic E-state index is 12.7. The number of sulfonamides is 1. The molecule has 2 amide bonds. The van der Waals surface area contributed by atoms with Gasteiger partial charge in [-0.3, -0.25) is 9.59 Å². The van der Waals surface area contributed by atoms with Crippen LogP contribution in [0.2, 0.25) is 5.02 Å². The van der Waals surface area contributed by atoms with Gasteiger partial charge in [0, 0.05) is 12.6 Å². The molecule has 12 heteroatoms. The first kappa shape index (κ1) is 22.7. The van der Waals surface area contributed by atoms with Gasteiger partial charge >= 0.3 is 6.18 Å². The molecule has 2 rings (SSSR count). The predicted molar refractivity (Wildman–Crippen MR) is 101 cm³/mol. The first-order valence-corrected chi connectivity index (χ1v) is 9.78. The summed E-state index contributed by atoms with van der Waals surface area (Å²) in [5.74, 6) is -1.17. The molecule has 0 atom stereocenters. The number of anilines is 2. The Labute approximate surface area is 169 Å². The van der Waals surface area contributed by atoms with Gasteiger partial charge in [0.1, 0.15) is 0 Å². The van der Waals surface area contributed by atoms with Crippen molar-refractivity contribution in [3.05, 3.63) is 53.1 Å². The van der Waals surface area contributed by atoms with E-state index in [2.05, 4.69) is 10.6 Å². The predicted octanol–water partition coefficient (Wildman–Crippen LogP) is 3.23. The number of alkyl halides is 3. The molecule has 0 bridgehead atoms. The van der Waals surface area contributed by atoms with Gasteiger partial charge in [-0.1, -0.05) is 17.7 Å². The summed E-state index contributed by atoms with van der Waals surface area (Å²) in [5.41, 5.74) is -0.672. The first-order valence-electron chi connectivity index (χ1n) is 7.92. The van der Waals surface area contributed by atoms with E-state index in [1.165, 1.54) is 25.1 Å². The molecule has 0 fully saturated rings. The zero-order chi connectivity index (χ0) is 21.8. The second kappa shape index (κ2) is 8.80. The van der Waals surface area contributed by atoms with E-state index in [9.17, 15) is 31.2 Å². The number of hydrogen-bond donors (Lipinski definition) is 3. The Balaban J connectivity index is 2.08. The Kier molecular flexibility index (Phi) is 6.88. The second-order valence-corrected chi connectivity index (χ2v) is 7.95. The fourth-order valence-corrected chi connectivity index (χ4v) is 3.37. The van der Waals surface area contributed by atoms with Gasteiger partial charge in [0.2, 0.25) is 21.8 Å². The molecule has 0 spiro atoms. The van der Waals surface area contributed by atoms with Crippen LogP contribution in [-0.4, -0.2) is 26.8 Å². The molecule has 29 heavy (non-hydrogen) atoms. The van der Waals surface area contributed by atoms with Gasteiger partial charge in [0.05, 0.1) is 27.7 Å². The van der Waals surface area contributed by atoms with Crippen molar-refractivity contribution in [2.24, 2.45) is 0 Å². The number of carbonyl (C=O) groups is 2. The fourth-order valence-electron chi connectivity index (χ4n) is 2.18. The van der Waals surface area contributed by atoms with Crippen molar-refractivity contribution in [2.45, 2.75) is 18.0 Å². The van der Waals surface area contributed by atoms with E-state index in [1.54, 1.807) is 0 Å². The topological polar surface area (TPSA) is 104 Å². The van der Waals surface area contributed by atoms with Crippen molar-refractivity contribution in [1.29, 1.82) is 0 Å². The van der Waals surface area contributed by atoms with Crippen molar-refractivity contribution in [3.63, 3.8) is 0 Å². The molecule has 0 saturated carbocycles. The summed E-state index contributed by atoms with van der Waals surface area (Å²) in [6.45, 7) is 0.536. The van der Waals surface area contributed by atoms with Gasteiger partial charge in [-0.05, 0) is 36.4 Å². The molecule has 0 aromatic heterocycles. The highest BCUT2D eigenvalue weighted by atomic mass is 35.5. The first-order chi connectivity index (χ1) is 13.4. The van der Waals surface area contributed by atoms with Crippen molar-refractivity contribution < 1.29 is 31.2 Å². The molecule has 0 heterocycles. The average molecular weight is 450 g/mol. The molecule has 156 valence electrons. The van der Waals surface area contributed by atoms with E-state index in [4.69, 9.17) is 11.6 Å². The maximum atomic E-state index is 12.7. The molecular weight excluding hydrogens is 435 g/mol. The third kappa shape index (κ3) is 6.44. The number of amides is 2. The lowest BCUT2D eigenvalue weighted by Crippen LogP contribution is -2.33. The van der Waals surface area contributed by atoms with E-state index in [0.29, 0.717) is 11.8 Å². The SMILES string of the molecule is CC(=O)Nc1ccc(Cl)c(NC(=O)CNS(=O)(=O)c2cccc(C(F)(F)F)c2)c1. The lowest BCUT2D eigenvalue weighted by atomic mass is 10.2. The zero-order valence-electron chi connectivity index (χ0n) is 14.8. The average Bonchev–Trinajstić information content (AvgIpc) is 2.62. The van der Waals surface area contributed by atoms with Crippen LogP contribution in [0.4, 0.5) is 24.5 Å². The van der Waals surface area contributed by atoms with Gasteiger partial charge in [0.15, 0.2) is 0 Å². The number of carbonyl (C=O) groups excluding carboxylic acids is 2. The van der Waals surface area contributed by atoms with Crippen molar-refractivity contribution >= 4 is 44.8 Å². The van der Waals surface area contributed by atoms with E-state index in [-0.39, 0.29) is 16.6 Å². The van der Waals surface area contributed by atoms with E-state index in [0.717, 1.165) is 18.2 Å². The van der Waals surface area contributed by atoms with E-state index in [1.807, 2.05) is 4.72 Å². The number of halogens is 4. The summed E-state index contributed by atoms with van der Waals surface area (Å²) in [4.78, 5) is 22.5. The molecule has 2 aromatic rings. The molecule has 2 aromatic carbocycles. The largest absolute Gasteiger partial charge is 0.416 e. The number of nitrogens with one attached hydrogen (secondary N) is 3. The molecule has 0 aliphatic rings. The third-order valence-corrected chi connectivity index (χ3v) is 5.18.